The molecule has 3 aromatic rings. The fourth-order valence-electron chi connectivity index (χ4n) is 2.57. The van der Waals surface area contributed by atoms with E-state index in [9.17, 15) is 13.2 Å². The second-order valence-corrected chi connectivity index (χ2v) is 8.35. The van der Waals surface area contributed by atoms with Gasteiger partial charge in [-0.05, 0) is 42.5 Å². The minimum Gasteiger partial charge on any atom is -0.474 e. The molecule has 1 heterocycles. The van der Waals surface area contributed by atoms with E-state index in [0.29, 0.717) is 12.3 Å². The number of para-hydroxylation sites is 1. The number of carbonyl (C=O) groups is 1. The van der Waals surface area contributed by atoms with E-state index in [4.69, 9.17) is 21.1 Å². The molecule has 0 aliphatic carbocycles. The lowest BCUT2D eigenvalue weighted by Crippen LogP contribution is -2.17. The number of pyridine rings is 1. The van der Waals surface area contributed by atoms with E-state index in [-0.39, 0.29) is 33.7 Å². The molecule has 0 unspecified atom stereocenters. The second-order valence-electron chi connectivity index (χ2n) is 6.26. The molecule has 8 nitrogen and oxygen atoms in total. The normalized spacial score (nSPS) is 11.0. The topological polar surface area (TPSA) is 107 Å². The number of hydrogen-bond acceptors (Lipinski definition) is 6. The van der Waals surface area contributed by atoms with Crippen LogP contribution in [0, 0.1) is 0 Å². The highest BCUT2D eigenvalue weighted by molar-refractivity contribution is 7.92. The van der Waals surface area contributed by atoms with Gasteiger partial charge in [0.1, 0.15) is 12.3 Å². The number of halogens is 1. The summed E-state index contributed by atoms with van der Waals surface area (Å²) in [5, 5.41) is 2.95. The monoisotopic (exact) mass is 461 g/mol. The first kappa shape index (κ1) is 22.5. The lowest BCUT2D eigenvalue weighted by molar-refractivity contribution is 0.102. The summed E-state index contributed by atoms with van der Waals surface area (Å²) in [6.07, 6.45) is 1.53. The maximum atomic E-state index is 12.7. The maximum absolute atomic E-state index is 12.7. The zero-order chi connectivity index (χ0) is 22.3. The van der Waals surface area contributed by atoms with Crippen LogP contribution in [-0.2, 0) is 14.8 Å². The highest BCUT2D eigenvalue weighted by Crippen LogP contribution is 2.25. The van der Waals surface area contributed by atoms with Gasteiger partial charge < -0.3 is 14.8 Å². The molecule has 0 aliphatic rings. The number of hydrogen-bond donors (Lipinski definition) is 2. The Morgan fingerprint density at radius 1 is 1.03 bits per heavy atom. The summed E-state index contributed by atoms with van der Waals surface area (Å²) in [5.41, 5.74) is 0.743. The third-order valence-corrected chi connectivity index (χ3v) is 5.76. The lowest BCUT2D eigenvalue weighted by Gasteiger charge is -2.12. The van der Waals surface area contributed by atoms with Gasteiger partial charge in [-0.15, -0.1) is 0 Å². The Balaban J connectivity index is 1.79. The first-order valence-corrected chi connectivity index (χ1v) is 11.0. The van der Waals surface area contributed by atoms with E-state index in [1.807, 2.05) is 0 Å². The number of ether oxygens (including phenoxy) is 2. The van der Waals surface area contributed by atoms with Gasteiger partial charge in [0.25, 0.3) is 15.9 Å². The van der Waals surface area contributed by atoms with Crippen molar-refractivity contribution in [1.29, 1.82) is 0 Å². The van der Waals surface area contributed by atoms with Gasteiger partial charge >= 0.3 is 0 Å². The molecule has 0 radical (unpaired) electrons. The van der Waals surface area contributed by atoms with Crippen molar-refractivity contribution in [2.45, 2.75) is 4.90 Å². The van der Waals surface area contributed by atoms with Crippen molar-refractivity contribution in [3.63, 3.8) is 0 Å². The molecule has 10 heteroatoms. The lowest BCUT2D eigenvalue weighted by atomic mass is 10.2. The summed E-state index contributed by atoms with van der Waals surface area (Å²) >= 11 is 6.03. The zero-order valence-electron chi connectivity index (χ0n) is 16.5. The van der Waals surface area contributed by atoms with Crippen LogP contribution >= 0.6 is 11.6 Å². The highest BCUT2D eigenvalue weighted by atomic mass is 35.5. The van der Waals surface area contributed by atoms with Gasteiger partial charge in [0.05, 0.1) is 22.2 Å². The molecule has 0 spiro atoms. The number of nitrogens with one attached hydrogen (secondary N) is 2. The van der Waals surface area contributed by atoms with Crippen LogP contribution in [0.3, 0.4) is 0 Å². The minimum atomic E-state index is -3.95. The molecule has 1 aromatic heterocycles. The number of benzene rings is 2. The maximum Gasteiger partial charge on any atom is 0.261 e. The fourth-order valence-corrected chi connectivity index (χ4v) is 3.93. The molecule has 2 aromatic carbocycles. The molecule has 3 rings (SSSR count). The SMILES string of the molecule is COCCOc1ncccc1NC(=O)c1cccc(S(=O)(=O)Nc2ccccc2Cl)c1. The van der Waals surface area contributed by atoms with Crippen LogP contribution in [0.1, 0.15) is 10.4 Å². The largest absolute Gasteiger partial charge is 0.474 e. The Bertz CT molecular complexity index is 1170. The number of rotatable bonds is 9. The van der Waals surface area contributed by atoms with Crippen molar-refractivity contribution in [1.82, 2.24) is 4.98 Å². The predicted octanol–water partition coefficient (Wildman–Crippen LogP) is 3.81. The summed E-state index contributed by atoms with van der Waals surface area (Å²) in [6.45, 7) is 0.625. The Hall–Kier alpha value is -3.14. The van der Waals surface area contributed by atoms with Crippen molar-refractivity contribution >= 4 is 38.9 Å². The second kappa shape index (κ2) is 10.3. The number of nitrogens with zero attached hydrogens (tertiary/aromatic N) is 1. The van der Waals surface area contributed by atoms with Gasteiger partial charge in [-0.2, -0.15) is 0 Å². The van der Waals surface area contributed by atoms with E-state index >= 15 is 0 Å². The quantitative estimate of drug-likeness (QED) is 0.469. The van der Waals surface area contributed by atoms with Crippen molar-refractivity contribution in [2.24, 2.45) is 0 Å². The molecule has 1 amide bonds. The third kappa shape index (κ3) is 5.94. The number of methoxy groups -OCH3 is 1. The van der Waals surface area contributed by atoms with Crippen molar-refractivity contribution in [3.8, 4) is 5.88 Å². The van der Waals surface area contributed by atoms with Gasteiger partial charge in [0.15, 0.2) is 0 Å². The van der Waals surface area contributed by atoms with Crippen LogP contribution in [0.2, 0.25) is 5.02 Å². The van der Waals surface area contributed by atoms with Crippen molar-refractivity contribution in [3.05, 3.63) is 77.4 Å². The molecule has 0 saturated carbocycles. The Labute approximate surface area is 185 Å². The summed E-state index contributed by atoms with van der Waals surface area (Å²) in [4.78, 5) is 16.7. The smallest absolute Gasteiger partial charge is 0.261 e. The molecule has 31 heavy (non-hydrogen) atoms. The van der Waals surface area contributed by atoms with E-state index in [2.05, 4.69) is 15.0 Å². The van der Waals surface area contributed by atoms with Crippen LogP contribution in [0.15, 0.2) is 71.8 Å². The number of sulfonamides is 1. The Morgan fingerprint density at radius 2 is 1.81 bits per heavy atom. The molecular formula is C21H20ClN3O5S. The van der Waals surface area contributed by atoms with Crippen molar-refractivity contribution in [2.75, 3.05) is 30.4 Å². The van der Waals surface area contributed by atoms with Crippen LogP contribution < -0.4 is 14.8 Å². The molecule has 0 saturated heterocycles. The van der Waals surface area contributed by atoms with Crippen LogP contribution in [0.5, 0.6) is 5.88 Å². The first-order valence-electron chi connectivity index (χ1n) is 9.16. The summed E-state index contributed by atoms with van der Waals surface area (Å²) < 4.78 is 38.4. The molecule has 162 valence electrons. The summed E-state index contributed by atoms with van der Waals surface area (Å²) in [6, 6.07) is 15.4. The molecule has 2 N–H and O–H groups in total. The van der Waals surface area contributed by atoms with Crippen LogP contribution in [-0.4, -0.2) is 39.6 Å². The fraction of sp³-hybridized carbons (Fsp3) is 0.143. The zero-order valence-corrected chi connectivity index (χ0v) is 18.1. The van der Waals surface area contributed by atoms with Gasteiger partial charge in [-0.3, -0.25) is 9.52 Å². The van der Waals surface area contributed by atoms with E-state index in [1.54, 1.807) is 43.5 Å². The first-order chi connectivity index (χ1) is 14.9. The molecule has 0 fully saturated rings. The van der Waals surface area contributed by atoms with Gasteiger partial charge in [-0.1, -0.05) is 29.8 Å². The molecule has 0 atom stereocenters. The van der Waals surface area contributed by atoms with Gasteiger partial charge in [0.2, 0.25) is 5.88 Å². The van der Waals surface area contributed by atoms with Crippen LogP contribution in [0.4, 0.5) is 11.4 Å². The summed E-state index contributed by atoms with van der Waals surface area (Å²) in [5.74, 6) is -0.281. The number of amides is 1. The standard InChI is InChI=1S/C21H20ClN3O5S/c1-29-12-13-30-21-19(10-5-11-23-21)24-20(26)15-6-4-7-16(14-15)31(27,28)25-18-9-3-2-8-17(18)22/h2-11,14,25H,12-13H2,1H3,(H,24,26). The summed E-state index contributed by atoms with van der Waals surface area (Å²) in [7, 11) is -2.41. The highest BCUT2D eigenvalue weighted by Gasteiger charge is 2.18. The van der Waals surface area contributed by atoms with Crippen molar-refractivity contribution < 1.29 is 22.7 Å². The average Bonchev–Trinajstić information content (AvgIpc) is 2.77. The molecular weight excluding hydrogens is 442 g/mol. The number of aromatic nitrogens is 1. The minimum absolute atomic E-state index is 0.0807. The number of carbonyl (C=O) groups excluding carboxylic acids is 1. The van der Waals surface area contributed by atoms with Gasteiger partial charge in [0, 0.05) is 18.9 Å². The van der Waals surface area contributed by atoms with E-state index in [0.717, 1.165) is 0 Å². The van der Waals surface area contributed by atoms with Gasteiger partial charge in [-0.25, -0.2) is 13.4 Å². The predicted molar refractivity (Wildman–Crippen MR) is 118 cm³/mol. The van der Waals surface area contributed by atoms with E-state index < -0.39 is 15.9 Å². The third-order valence-electron chi connectivity index (χ3n) is 4.07. The molecule has 0 aliphatic heterocycles. The van der Waals surface area contributed by atoms with E-state index in [1.165, 1.54) is 30.5 Å². The number of anilines is 2. The Kier molecular flexibility index (Phi) is 7.45. The van der Waals surface area contributed by atoms with Crippen LogP contribution in [0.25, 0.3) is 0 Å². The average molecular weight is 462 g/mol. The molecule has 0 bridgehead atoms. The Morgan fingerprint density at radius 3 is 2.58 bits per heavy atom.